The summed E-state index contributed by atoms with van der Waals surface area (Å²) in [5.74, 6) is 0.740. The molecule has 0 bridgehead atoms. The topological polar surface area (TPSA) is 50.9 Å². The molecule has 1 fully saturated rings. The minimum atomic E-state index is 0.0191. The maximum atomic E-state index is 9.28. The van der Waals surface area contributed by atoms with Gasteiger partial charge in [-0.15, -0.1) is 5.10 Å². The smallest absolute Gasteiger partial charge is 0.132 e. The third kappa shape index (κ3) is 2.38. The highest BCUT2D eigenvalue weighted by molar-refractivity contribution is 6.37. The van der Waals surface area contributed by atoms with Gasteiger partial charge in [0, 0.05) is 12.1 Å². The van der Waals surface area contributed by atoms with Crippen LogP contribution in [0.25, 0.3) is 22.2 Å². The van der Waals surface area contributed by atoms with Crippen LogP contribution in [0.5, 0.6) is 0 Å². The highest BCUT2D eigenvalue weighted by atomic mass is 35.5. The van der Waals surface area contributed by atoms with Crippen LogP contribution in [-0.2, 0) is 13.2 Å². The Morgan fingerprint density at radius 2 is 2.09 bits per heavy atom. The maximum Gasteiger partial charge on any atom is 0.132 e. The van der Waals surface area contributed by atoms with Gasteiger partial charge < -0.3 is 5.11 Å². The van der Waals surface area contributed by atoms with Crippen molar-refractivity contribution in [3.63, 3.8) is 0 Å². The molecule has 0 saturated heterocycles. The number of benzene rings is 2. The number of aliphatic hydroxyl groups excluding tert-OH is 1. The fourth-order valence-electron chi connectivity index (χ4n) is 2.74. The van der Waals surface area contributed by atoms with Gasteiger partial charge in [0.15, 0.2) is 0 Å². The molecule has 22 heavy (non-hydrogen) atoms. The molecule has 1 heterocycles. The minimum absolute atomic E-state index is 0.0191. The summed E-state index contributed by atoms with van der Waals surface area (Å²) < 4.78 is 1.95. The molecule has 0 unspecified atom stereocenters. The van der Waals surface area contributed by atoms with E-state index in [1.807, 2.05) is 41.1 Å². The molecule has 3 aromatic rings. The highest BCUT2D eigenvalue weighted by Crippen LogP contribution is 2.35. The molecule has 1 aromatic heterocycles. The van der Waals surface area contributed by atoms with Crippen molar-refractivity contribution < 1.29 is 5.11 Å². The zero-order valence-electron chi connectivity index (χ0n) is 12.0. The Morgan fingerprint density at radius 3 is 2.86 bits per heavy atom. The van der Waals surface area contributed by atoms with E-state index in [0.29, 0.717) is 5.02 Å². The average molecular weight is 314 g/mol. The van der Waals surface area contributed by atoms with Gasteiger partial charge in [-0.3, -0.25) is 0 Å². The fourth-order valence-corrected chi connectivity index (χ4v) is 3.05. The lowest BCUT2D eigenvalue weighted by Gasteiger charge is -2.07. The fraction of sp³-hybridized carbons (Fsp3) is 0.294. The summed E-state index contributed by atoms with van der Waals surface area (Å²) in [5, 5.41) is 18.4. The van der Waals surface area contributed by atoms with Crippen molar-refractivity contribution in [2.24, 2.45) is 5.92 Å². The van der Waals surface area contributed by atoms with Crippen LogP contribution in [-0.4, -0.2) is 20.1 Å². The Balaban J connectivity index is 1.80. The zero-order chi connectivity index (χ0) is 15.1. The molecule has 1 aliphatic rings. The molecule has 1 N–H and O–H groups in total. The molecular weight excluding hydrogens is 298 g/mol. The van der Waals surface area contributed by atoms with E-state index < -0.39 is 0 Å². The van der Waals surface area contributed by atoms with Crippen molar-refractivity contribution in [3.8, 4) is 11.1 Å². The summed E-state index contributed by atoms with van der Waals surface area (Å²) in [5.41, 5.74) is 4.50. The molecule has 0 amide bonds. The number of halogens is 1. The van der Waals surface area contributed by atoms with Crippen molar-refractivity contribution in [2.75, 3.05) is 0 Å². The summed E-state index contributed by atoms with van der Waals surface area (Å²) in [4.78, 5) is 0. The Kier molecular flexibility index (Phi) is 3.36. The molecule has 2 aromatic carbocycles. The third-order valence-corrected chi connectivity index (χ3v) is 4.56. The monoisotopic (exact) mass is 313 g/mol. The molecule has 1 aliphatic carbocycles. The second-order valence-electron chi connectivity index (χ2n) is 5.87. The molecule has 5 heteroatoms. The molecular formula is C17H16ClN3O. The van der Waals surface area contributed by atoms with E-state index in [-0.39, 0.29) is 6.61 Å². The predicted molar refractivity (Wildman–Crippen MR) is 86.6 cm³/mol. The first kappa shape index (κ1) is 13.7. The normalized spacial score (nSPS) is 14.6. The number of aliphatic hydroxyl groups is 1. The lowest BCUT2D eigenvalue weighted by atomic mass is 10.0. The van der Waals surface area contributed by atoms with Gasteiger partial charge in [-0.05, 0) is 42.0 Å². The van der Waals surface area contributed by atoms with Gasteiger partial charge in [-0.2, -0.15) is 0 Å². The quantitative estimate of drug-likeness (QED) is 0.800. The standard InChI is InChI=1S/C17H16ClN3O/c18-16-14(13-3-1-2-12(8-13)10-22)6-7-15-17(16)19-20-21(15)9-11-4-5-11/h1-3,6-8,11,22H,4-5,9-10H2. The number of aromatic nitrogens is 3. The lowest BCUT2D eigenvalue weighted by Crippen LogP contribution is -2.01. The van der Waals surface area contributed by atoms with Gasteiger partial charge in [-0.1, -0.05) is 41.1 Å². The van der Waals surface area contributed by atoms with Crippen molar-refractivity contribution in [1.82, 2.24) is 15.0 Å². The van der Waals surface area contributed by atoms with Crippen molar-refractivity contribution >= 4 is 22.6 Å². The molecule has 1 saturated carbocycles. The summed E-state index contributed by atoms with van der Waals surface area (Å²) in [6.45, 7) is 0.942. The van der Waals surface area contributed by atoms with Crippen molar-refractivity contribution in [1.29, 1.82) is 0 Å². The maximum absolute atomic E-state index is 9.28. The highest BCUT2D eigenvalue weighted by Gasteiger charge is 2.23. The van der Waals surface area contributed by atoms with E-state index in [1.54, 1.807) is 0 Å². The number of hydrogen-bond acceptors (Lipinski definition) is 3. The Labute approximate surface area is 133 Å². The van der Waals surface area contributed by atoms with Crippen LogP contribution in [0.3, 0.4) is 0 Å². The molecule has 4 rings (SSSR count). The van der Waals surface area contributed by atoms with Gasteiger partial charge in [0.1, 0.15) is 5.52 Å². The van der Waals surface area contributed by atoms with Crippen molar-refractivity contribution in [2.45, 2.75) is 26.0 Å². The van der Waals surface area contributed by atoms with Crippen LogP contribution < -0.4 is 0 Å². The number of nitrogens with zero attached hydrogens (tertiary/aromatic N) is 3. The molecule has 0 atom stereocenters. The van der Waals surface area contributed by atoms with E-state index in [0.717, 1.165) is 40.2 Å². The molecule has 112 valence electrons. The molecule has 0 spiro atoms. The summed E-state index contributed by atoms with van der Waals surface area (Å²) >= 11 is 6.56. The lowest BCUT2D eigenvalue weighted by molar-refractivity contribution is 0.282. The summed E-state index contributed by atoms with van der Waals surface area (Å²) in [7, 11) is 0. The van der Waals surface area contributed by atoms with Crippen LogP contribution in [0, 0.1) is 5.92 Å². The minimum Gasteiger partial charge on any atom is -0.392 e. The first-order chi connectivity index (χ1) is 10.8. The first-order valence-corrected chi connectivity index (χ1v) is 7.86. The third-order valence-electron chi connectivity index (χ3n) is 4.17. The van der Waals surface area contributed by atoms with Gasteiger partial charge in [0.2, 0.25) is 0 Å². The van der Waals surface area contributed by atoms with E-state index >= 15 is 0 Å². The molecule has 4 nitrogen and oxygen atoms in total. The number of hydrogen-bond donors (Lipinski definition) is 1. The second-order valence-corrected chi connectivity index (χ2v) is 6.25. The zero-order valence-corrected chi connectivity index (χ0v) is 12.8. The SMILES string of the molecule is OCc1cccc(-c2ccc3c(nnn3CC3CC3)c2Cl)c1. The number of fused-ring (bicyclic) bond motifs is 1. The van der Waals surface area contributed by atoms with Gasteiger partial charge in [0.05, 0.1) is 17.1 Å². The molecule has 0 radical (unpaired) electrons. The Morgan fingerprint density at radius 1 is 1.23 bits per heavy atom. The van der Waals surface area contributed by atoms with E-state index in [4.69, 9.17) is 11.6 Å². The van der Waals surface area contributed by atoms with E-state index in [1.165, 1.54) is 12.8 Å². The second kappa shape index (κ2) is 5.38. The number of rotatable bonds is 4. The van der Waals surface area contributed by atoms with E-state index in [2.05, 4.69) is 10.3 Å². The Hall–Kier alpha value is -1.91. The van der Waals surface area contributed by atoms with Crippen LogP contribution >= 0.6 is 11.6 Å². The summed E-state index contributed by atoms with van der Waals surface area (Å²) in [6.07, 6.45) is 2.56. The van der Waals surface area contributed by atoms with Crippen LogP contribution in [0.15, 0.2) is 36.4 Å². The largest absolute Gasteiger partial charge is 0.392 e. The van der Waals surface area contributed by atoms with Crippen molar-refractivity contribution in [3.05, 3.63) is 47.0 Å². The Bertz CT molecular complexity index is 839. The first-order valence-electron chi connectivity index (χ1n) is 7.48. The van der Waals surface area contributed by atoms with Gasteiger partial charge >= 0.3 is 0 Å². The average Bonchev–Trinajstić information content (AvgIpc) is 3.27. The van der Waals surface area contributed by atoms with Gasteiger partial charge in [0.25, 0.3) is 0 Å². The van der Waals surface area contributed by atoms with Crippen LogP contribution in [0.1, 0.15) is 18.4 Å². The molecule has 0 aliphatic heterocycles. The summed E-state index contributed by atoms with van der Waals surface area (Å²) in [6, 6.07) is 11.8. The van der Waals surface area contributed by atoms with Crippen LogP contribution in [0.2, 0.25) is 5.02 Å². The van der Waals surface area contributed by atoms with E-state index in [9.17, 15) is 5.11 Å². The predicted octanol–water partition coefficient (Wildman–Crippen LogP) is 3.65. The van der Waals surface area contributed by atoms with Crippen LogP contribution in [0.4, 0.5) is 0 Å². The van der Waals surface area contributed by atoms with Gasteiger partial charge in [-0.25, -0.2) is 4.68 Å².